The second-order valence-corrected chi connectivity index (χ2v) is 8.67. The first-order chi connectivity index (χ1) is 10.2. The highest BCUT2D eigenvalue weighted by atomic mass is 32.2. The third-order valence-electron chi connectivity index (χ3n) is 3.67. The van der Waals surface area contributed by atoms with Crippen molar-refractivity contribution >= 4 is 32.9 Å². The smallest absolute Gasteiger partial charge is 0.188 e. The maximum absolute atomic E-state index is 11.7. The van der Waals surface area contributed by atoms with E-state index in [4.69, 9.17) is 12.2 Å². The van der Waals surface area contributed by atoms with Gasteiger partial charge in [-0.25, -0.2) is 13.4 Å². The molecule has 0 radical (unpaired) electrons. The molecule has 1 saturated heterocycles. The molecule has 7 heteroatoms. The number of aryl methyl sites for hydroxylation is 2. The Bertz CT molecular complexity index is 651. The fraction of sp³-hybridized carbons (Fsp3) is 0.533. The van der Waals surface area contributed by atoms with Gasteiger partial charge in [-0.15, -0.1) is 0 Å². The Balaban J connectivity index is 2.17. The van der Waals surface area contributed by atoms with Crippen molar-refractivity contribution in [3.8, 4) is 0 Å². The number of rotatable bonds is 3. The lowest BCUT2D eigenvalue weighted by atomic mass is 10.1. The molecule has 5 nitrogen and oxygen atoms in total. The number of hydrazine groups is 1. The van der Waals surface area contributed by atoms with E-state index in [2.05, 4.69) is 11.4 Å². The molecular weight excluding hydrogens is 318 g/mol. The van der Waals surface area contributed by atoms with Crippen LogP contribution in [0.25, 0.3) is 0 Å². The van der Waals surface area contributed by atoms with E-state index < -0.39 is 9.84 Å². The summed E-state index contributed by atoms with van der Waals surface area (Å²) in [6.07, 6.45) is 0.606. The molecule has 0 unspecified atom stereocenters. The number of benzene rings is 1. The summed E-state index contributed by atoms with van der Waals surface area (Å²) in [7, 11) is 0.801. The van der Waals surface area contributed by atoms with Crippen LogP contribution in [0.5, 0.6) is 0 Å². The van der Waals surface area contributed by atoms with Crippen LogP contribution in [-0.4, -0.2) is 55.2 Å². The Hall–Kier alpha value is -1.18. The average molecular weight is 342 g/mol. The van der Waals surface area contributed by atoms with Gasteiger partial charge in [0.05, 0.1) is 17.5 Å². The maximum atomic E-state index is 11.7. The van der Waals surface area contributed by atoms with Gasteiger partial charge >= 0.3 is 0 Å². The molecule has 1 atom stereocenters. The van der Waals surface area contributed by atoms with Crippen molar-refractivity contribution in [1.82, 2.24) is 10.0 Å². The summed E-state index contributed by atoms with van der Waals surface area (Å²) < 4.78 is 23.5. The Morgan fingerprint density at radius 1 is 1.23 bits per heavy atom. The number of nitrogens with zero attached hydrogens (tertiary/aromatic N) is 2. The van der Waals surface area contributed by atoms with Crippen LogP contribution in [0.15, 0.2) is 18.2 Å². The number of thiocarbonyl (C=S) groups is 1. The van der Waals surface area contributed by atoms with Gasteiger partial charge < -0.3 is 5.32 Å². The van der Waals surface area contributed by atoms with Crippen molar-refractivity contribution in [3.63, 3.8) is 0 Å². The number of nitrogens with one attached hydrogen (secondary N) is 1. The van der Waals surface area contributed by atoms with E-state index in [9.17, 15) is 8.42 Å². The molecule has 1 heterocycles. The molecule has 22 heavy (non-hydrogen) atoms. The molecule has 0 spiro atoms. The van der Waals surface area contributed by atoms with E-state index in [1.54, 1.807) is 0 Å². The molecule has 0 aliphatic carbocycles. The summed E-state index contributed by atoms with van der Waals surface area (Å²) in [5, 5.41) is 7.46. The van der Waals surface area contributed by atoms with Crippen molar-refractivity contribution in [2.75, 3.05) is 30.9 Å². The minimum atomic E-state index is -2.95. The standard InChI is InChI=1S/C15H23N3O2S2/c1-11-7-12(2)9-13(8-11)16-15(21)18(17(3)4)14-5-6-22(19,20)10-14/h7-9,14H,5-6,10H2,1-4H3,(H,16,21)/t14-/m0/s1. The van der Waals surface area contributed by atoms with Crippen molar-refractivity contribution in [3.05, 3.63) is 29.3 Å². The molecule has 1 aromatic carbocycles. The van der Waals surface area contributed by atoms with Gasteiger partial charge in [0.25, 0.3) is 0 Å². The molecular formula is C15H23N3O2S2. The molecule has 1 aliphatic heterocycles. The Morgan fingerprint density at radius 2 is 1.82 bits per heavy atom. The van der Waals surface area contributed by atoms with E-state index in [1.807, 2.05) is 50.1 Å². The minimum Gasteiger partial charge on any atom is -0.331 e. The summed E-state index contributed by atoms with van der Waals surface area (Å²) >= 11 is 5.51. The van der Waals surface area contributed by atoms with Crippen LogP contribution in [0.3, 0.4) is 0 Å². The highest BCUT2D eigenvalue weighted by Gasteiger charge is 2.34. The third-order valence-corrected chi connectivity index (χ3v) is 5.71. The van der Waals surface area contributed by atoms with Crippen molar-refractivity contribution in [2.24, 2.45) is 0 Å². The van der Waals surface area contributed by atoms with Crippen molar-refractivity contribution in [2.45, 2.75) is 26.3 Å². The minimum absolute atomic E-state index is 0.106. The topological polar surface area (TPSA) is 52.7 Å². The number of sulfone groups is 1. The van der Waals surface area contributed by atoms with Crippen molar-refractivity contribution in [1.29, 1.82) is 0 Å². The summed E-state index contributed by atoms with van der Waals surface area (Å²) in [5.74, 6) is 0.383. The molecule has 2 rings (SSSR count). The van der Waals surface area contributed by atoms with Gasteiger partial charge in [0, 0.05) is 19.8 Å². The maximum Gasteiger partial charge on any atom is 0.188 e. The second kappa shape index (κ2) is 6.52. The fourth-order valence-electron chi connectivity index (χ4n) is 2.87. The van der Waals surface area contributed by atoms with E-state index in [-0.39, 0.29) is 17.5 Å². The van der Waals surface area contributed by atoms with E-state index in [1.165, 1.54) is 0 Å². The largest absolute Gasteiger partial charge is 0.331 e. The Labute approximate surface area is 138 Å². The summed E-state index contributed by atoms with van der Waals surface area (Å²) in [6, 6.07) is 6.05. The van der Waals surface area contributed by atoms with Gasteiger partial charge in [-0.3, -0.25) is 5.01 Å². The van der Waals surface area contributed by atoms with Crippen LogP contribution in [0.2, 0.25) is 0 Å². The zero-order valence-electron chi connectivity index (χ0n) is 13.5. The SMILES string of the molecule is Cc1cc(C)cc(NC(=S)N([C@H]2CCS(=O)(=O)C2)N(C)C)c1. The second-order valence-electron chi connectivity index (χ2n) is 6.06. The van der Waals surface area contributed by atoms with Gasteiger partial charge in [-0.1, -0.05) is 6.07 Å². The first-order valence-corrected chi connectivity index (χ1v) is 9.47. The quantitative estimate of drug-likeness (QED) is 0.670. The first-order valence-electron chi connectivity index (χ1n) is 7.24. The number of anilines is 1. The van der Waals surface area contributed by atoms with Crippen molar-refractivity contribution < 1.29 is 8.42 Å². The van der Waals surface area contributed by atoms with Crippen LogP contribution in [0.1, 0.15) is 17.5 Å². The normalized spacial score (nSPS) is 20.1. The predicted molar refractivity (Wildman–Crippen MR) is 94.7 cm³/mol. The number of hydrogen-bond donors (Lipinski definition) is 1. The van der Waals surface area contributed by atoms with Crippen LogP contribution >= 0.6 is 12.2 Å². The highest BCUT2D eigenvalue weighted by molar-refractivity contribution is 7.91. The lowest BCUT2D eigenvalue weighted by Gasteiger charge is -2.36. The Morgan fingerprint density at radius 3 is 2.27 bits per heavy atom. The molecule has 1 N–H and O–H groups in total. The molecule has 0 saturated carbocycles. The molecule has 1 aromatic rings. The third kappa shape index (κ3) is 4.18. The van der Waals surface area contributed by atoms with Crippen LogP contribution < -0.4 is 5.32 Å². The molecule has 0 aromatic heterocycles. The lowest BCUT2D eigenvalue weighted by molar-refractivity contribution is 0.0757. The van der Waals surface area contributed by atoms with Crippen LogP contribution in [-0.2, 0) is 9.84 Å². The van der Waals surface area contributed by atoms with Gasteiger partial charge in [0.2, 0.25) is 0 Å². The molecule has 1 aliphatic rings. The molecule has 0 bridgehead atoms. The highest BCUT2D eigenvalue weighted by Crippen LogP contribution is 2.21. The average Bonchev–Trinajstić information content (AvgIpc) is 2.67. The molecule has 0 amide bonds. The van der Waals surface area contributed by atoms with E-state index in [0.717, 1.165) is 16.8 Å². The zero-order valence-corrected chi connectivity index (χ0v) is 15.1. The Kier molecular flexibility index (Phi) is 5.09. The predicted octanol–water partition coefficient (Wildman–Crippen LogP) is 1.97. The molecule has 122 valence electrons. The van der Waals surface area contributed by atoms with Gasteiger partial charge in [0.15, 0.2) is 14.9 Å². The van der Waals surface area contributed by atoms with E-state index in [0.29, 0.717) is 11.5 Å². The summed E-state index contributed by atoms with van der Waals surface area (Å²) in [5.41, 5.74) is 3.24. The zero-order chi connectivity index (χ0) is 16.5. The molecule has 1 fully saturated rings. The van der Waals surface area contributed by atoms with Crippen LogP contribution in [0, 0.1) is 13.8 Å². The van der Waals surface area contributed by atoms with Gasteiger partial charge in [-0.2, -0.15) is 0 Å². The van der Waals surface area contributed by atoms with Gasteiger partial charge in [-0.05, 0) is 55.7 Å². The number of hydrogen-bond acceptors (Lipinski definition) is 4. The lowest BCUT2D eigenvalue weighted by Crippen LogP contribution is -2.51. The monoisotopic (exact) mass is 341 g/mol. The summed E-state index contributed by atoms with van der Waals surface area (Å²) in [4.78, 5) is 0. The summed E-state index contributed by atoms with van der Waals surface area (Å²) in [6.45, 7) is 4.07. The fourth-order valence-corrected chi connectivity index (χ4v) is 4.99. The van der Waals surface area contributed by atoms with E-state index >= 15 is 0 Å². The van der Waals surface area contributed by atoms with Gasteiger partial charge in [0.1, 0.15) is 0 Å². The first kappa shape index (κ1) is 17.2. The van der Waals surface area contributed by atoms with Crippen LogP contribution in [0.4, 0.5) is 5.69 Å².